The van der Waals surface area contributed by atoms with Crippen LogP contribution in [0.25, 0.3) is 0 Å². The summed E-state index contributed by atoms with van der Waals surface area (Å²) in [7, 11) is 0. The number of rotatable bonds is 1. The van der Waals surface area contributed by atoms with Gasteiger partial charge in [-0.1, -0.05) is 19.8 Å². The van der Waals surface area contributed by atoms with E-state index in [0.717, 1.165) is 5.56 Å². The van der Waals surface area contributed by atoms with Crippen LogP contribution in [0.3, 0.4) is 0 Å². The number of thiophene rings is 1. The first-order valence-corrected chi connectivity index (χ1v) is 6.19. The maximum atomic E-state index is 8.96. The highest BCUT2D eigenvalue weighted by Gasteiger charge is 2.34. The van der Waals surface area contributed by atoms with Gasteiger partial charge >= 0.3 is 0 Å². The lowest BCUT2D eigenvalue weighted by Gasteiger charge is -2.22. The molecule has 0 radical (unpaired) electrons. The Kier molecular flexibility index (Phi) is 2.47. The molecule has 1 aromatic rings. The summed E-state index contributed by atoms with van der Waals surface area (Å²) in [5.74, 6) is 0. The Balaban J connectivity index is 2.49. The molecule has 80 valence electrons. The molecule has 1 aromatic heterocycles. The summed E-state index contributed by atoms with van der Waals surface area (Å²) in [6.07, 6.45) is 5.07. The summed E-state index contributed by atoms with van der Waals surface area (Å²) >= 11 is 1.60. The monoisotopic (exact) mass is 220 g/mol. The molecule has 0 spiro atoms. The molecule has 1 saturated carbocycles. The Morgan fingerprint density at radius 2 is 2.00 bits per heavy atom. The lowest BCUT2D eigenvalue weighted by atomic mass is 9.85. The molecule has 0 amide bonds. The Labute approximate surface area is 94.7 Å². The molecule has 1 aliphatic rings. The van der Waals surface area contributed by atoms with E-state index in [1.807, 2.05) is 6.92 Å². The van der Waals surface area contributed by atoms with E-state index in [1.165, 1.54) is 30.6 Å². The van der Waals surface area contributed by atoms with Crippen LogP contribution < -0.4 is 5.73 Å². The SMILES string of the molecule is Cc1c(C2(C)CCCC2)sc(C#N)c1N. The normalized spacial score (nSPS) is 19.0. The minimum atomic E-state index is 0.276. The molecule has 0 saturated heterocycles. The van der Waals surface area contributed by atoms with E-state index in [0.29, 0.717) is 10.6 Å². The van der Waals surface area contributed by atoms with E-state index < -0.39 is 0 Å². The average Bonchev–Trinajstić information content (AvgIpc) is 2.76. The van der Waals surface area contributed by atoms with E-state index in [-0.39, 0.29) is 5.41 Å². The van der Waals surface area contributed by atoms with Gasteiger partial charge in [0, 0.05) is 10.3 Å². The van der Waals surface area contributed by atoms with Crippen molar-refractivity contribution in [2.75, 3.05) is 5.73 Å². The third-order valence-corrected chi connectivity index (χ3v) is 5.07. The quantitative estimate of drug-likeness (QED) is 0.789. The van der Waals surface area contributed by atoms with Crippen molar-refractivity contribution in [2.24, 2.45) is 0 Å². The summed E-state index contributed by atoms with van der Waals surface area (Å²) < 4.78 is 0. The second-order valence-electron chi connectivity index (χ2n) is 4.68. The lowest BCUT2D eigenvalue weighted by Crippen LogP contribution is -2.16. The molecular weight excluding hydrogens is 204 g/mol. The van der Waals surface area contributed by atoms with Gasteiger partial charge in [0.2, 0.25) is 0 Å². The second kappa shape index (κ2) is 3.53. The molecule has 2 nitrogen and oxygen atoms in total. The topological polar surface area (TPSA) is 49.8 Å². The fraction of sp³-hybridized carbons (Fsp3) is 0.583. The highest BCUT2D eigenvalue weighted by atomic mass is 32.1. The van der Waals surface area contributed by atoms with Crippen LogP contribution in [0.2, 0.25) is 0 Å². The summed E-state index contributed by atoms with van der Waals surface area (Å²) in [6.45, 7) is 4.35. The number of nitrogens with two attached hydrogens (primary N) is 1. The summed E-state index contributed by atoms with van der Waals surface area (Å²) in [5, 5.41) is 8.96. The van der Waals surface area contributed by atoms with Gasteiger partial charge in [-0.3, -0.25) is 0 Å². The van der Waals surface area contributed by atoms with Gasteiger partial charge in [0.05, 0.1) is 5.69 Å². The fourth-order valence-corrected chi connectivity index (χ4v) is 3.79. The van der Waals surface area contributed by atoms with Crippen molar-refractivity contribution < 1.29 is 0 Å². The van der Waals surface area contributed by atoms with Crippen LogP contribution in [0.5, 0.6) is 0 Å². The van der Waals surface area contributed by atoms with Crippen molar-refractivity contribution >= 4 is 17.0 Å². The first kappa shape index (κ1) is 10.5. The van der Waals surface area contributed by atoms with Crippen LogP contribution in [0, 0.1) is 18.3 Å². The summed E-state index contributed by atoms with van der Waals surface area (Å²) in [5.41, 5.74) is 8.04. The third-order valence-electron chi connectivity index (χ3n) is 3.55. The third kappa shape index (κ3) is 1.53. The standard InChI is InChI=1S/C12H16N2S/c1-8-10(14)9(7-13)15-11(8)12(2)5-3-4-6-12/h3-6,14H2,1-2H3. The van der Waals surface area contributed by atoms with Crippen molar-refractivity contribution in [2.45, 2.75) is 44.9 Å². The molecule has 1 aliphatic carbocycles. The Hall–Kier alpha value is -1.01. The van der Waals surface area contributed by atoms with E-state index in [2.05, 4.69) is 13.0 Å². The van der Waals surface area contributed by atoms with Crippen LogP contribution in [-0.4, -0.2) is 0 Å². The highest BCUT2D eigenvalue weighted by Crippen LogP contribution is 2.47. The largest absolute Gasteiger partial charge is 0.397 e. The number of nitrogens with zero attached hydrogens (tertiary/aromatic N) is 1. The van der Waals surface area contributed by atoms with Gasteiger partial charge in [-0.15, -0.1) is 11.3 Å². The number of anilines is 1. The van der Waals surface area contributed by atoms with E-state index in [1.54, 1.807) is 11.3 Å². The van der Waals surface area contributed by atoms with Crippen LogP contribution in [0.1, 0.15) is 47.9 Å². The molecular formula is C12H16N2S. The molecule has 0 atom stereocenters. The first-order chi connectivity index (χ1) is 7.08. The van der Waals surface area contributed by atoms with E-state index in [4.69, 9.17) is 11.0 Å². The molecule has 0 aromatic carbocycles. The molecule has 1 fully saturated rings. The second-order valence-corrected chi connectivity index (χ2v) is 5.70. The maximum absolute atomic E-state index is 8.96. The van der Waals surface area contributed by atoms with Crippen molar-refractivity contribution in [1.82, 2.24) is 0 Å². The summed E-state index contributed by atoms with van der Waals surface area (Å²) in [6, 6.07) is 2.19. The highest BCUT2D eigenvalue weighted by molar-refractivity contribution is 7.13. The number of hydrogen-bond donors (Lipinski definition) is 1. The van der Waals surface area contributed by atoms with Gasteiger partial charge in [-0.2, -0.15) is 5.26 Å². The molecule has 0 aliphatic heterocycles. The number of hydrogen-bond acceptors (Lipinski definition) is 3. The Bertz CT molecular complexity index is 420. The van der Waals surface area contributed by atoms with Crippen LogP contribution in [0.15, 0.2) is 0 Å². The van der Waals surface area contributed by atoms with Crippen molar-refractivity contribution in [1.29, 1.82) is 5.26 Å². The smallest absolute Gasteiger partial charge is 0.128 e. The first-order valence-electron chi connectivity index (χ1n) is 5.38. The Morgan fingerprint density at radius 3 is 2.47 bits per heavy atom. The molecule has 1 heterocycles. The Morgan fingerprint density at radius 1 is 1.40 bits per heavy atom. The molecule has 2 rings (SSSR count). The molecule has 15 heavy (non-hydrogen) atoms. The predicted molar refractivity (Wildman–Crippen MR) is 64.0 cm³/mol. The predicted octanol–water partition coefficient (Wildman–Crippen LogP) is 3.34. The van der Waals surface area contributed by atoms with Gasteiger partial charge in [-0.25, -0.2) is 0 Å². The lowest BCUT2D eigenvalue weighted by molar-refractivity contribution is 0.499. The summed E-state index contributed by atoms with van der Waals surface area (Å²) in [4.78, 5) is 2.03. The van der Waals surface area contributed by atoms with Gasteiger partial charge in [0.1, 0.15) is 10.9 Å². The van der Waals surface area contributed by atoms with Crippen molar-refractivity contribution in [3.05, 3.63) is 15.3 Å². The average molecular weight is 220 g/mol. The van der Waals surface area contributed by atoms with Crippen LogP contribution in [-0.2, 0) is 5.41 Å². The maximum Gasteiger partial charge on any atom is 0.128 e. The molecule has 3 heteroatoms. The minimum absolute atomic E-state index is 0.276. The minimum Gasteiger partial charge on any atom is -0.397 e. The van der Waals surface area contributed by atoms with Gasteiger partial charge in [0.15, 0.2) is 0 Å². The van der Waals surface area contributed by atoms with Crippen LogP contribution in [0.4, 0.5) is 5.69 Å². The number of nitriles is 1. The van der Waals surface area contributed by atoms with E-state index in [9.17, 15) is 0 Å². The zero-order valence-electron chi connectivity index (χ0n) is 9.26. The van der Waals surface area contributed by atoms with Crippen LogP contribution >= 0.6 is 11.3 Å². The van der Waals surface area contributed by atoms with Gasteiger partial charge < -0.3 is 5.73 Å². The molecule has 0 bridgehead atoms. The number of nitrogen functional groups attached to an aromatic ring is 1. The molecule has 0 unspecified atom stereocenters. The van der Waals surface area contributed by atoms with Gasteiger partial charge in [0.25, 0.3) is 0 Å². The molecule has 2 N–H and O–H groups in total. The van der Waals surface area contributed by atoms with E-state index >= 15 is 0 Å². The fourth-order valence-electron chi connectivity index (χ4n) is 2.57. The van der Waals surface area contributed by atoms with Crippen molar-refractivity contribution in [3.63, 3.8) is 0 Å². The van der Waals surface area contributed by atoms with Crippen molar-refractivity contribution in [3.8, 4) is 6.07 Å². The zero-order valence-corrected chi connectivity index (χ0v) is 10.1. The van der Waals surface area contributed by atoms with Gasteiger partial charge in [-0.05, 0) is 25.3 Å². The zero-order chi connectivity index (χ0) is 11.1.